The molecular formula is C19H16BrN3O5S2. The number of aromatic hydroxyl groups is 1. The molecule has 0 atom stereocenters. The molecule has 8 nitrogen and oxygen atoms in total. The summed E-state index contributed by atoms with van der Waals surface area (Å²) in [5, 5.41) is 15.4. The fourth-order valence-electron chi connectivity index (χ4n) is 2.43. The van der Waals surface area contributed by atoms with Gasteiger partial charge in [0.05, 0.1) is 29.0 Å². The van der Waals surface area contributed by atoms with Crippen LogP contribution in [0.15, 0.2) is 67.7 Å². The number of sulfonamides is 1. The van der Waals surface area contributed by atoms with Gasteiger partial charge in [-0.1, -0.05) is 18.2 Å². The number of anilines is 1. The van der Waals surface area contributed by atoms with Gasteiger partial charge >= 0.3 is 0 Å². The zero-order valence-corrected chi connectivity index (χ0v) is 18.7. The highest BCUT2D eigenvalue weighted by Gasteiger charge is 2.19. The van der Waals surface area contributed by atoms with Gasteiger partial charge in [0.1, 0.15) is 4.21 Å². The number of amides is 1. The molecule has 3 N–H and O–H groups in total. The van der Waals surface area contributed by atoms with Gasteiger partial charge in [0.15, 0.2) is 11.5 Å². The van der Waals surface area contributed by atoms with Gasteiger partial charge in [-0.05, 0) is 57.2 Å². The Labute approximate surface area is 185 Å². The van der Waals surface area contributed by atoms with E-state index in [2.05, 4.69) is 31.2 Å². The minimum absolute atomic E-state index is 0.0503. The molecule has 0 aliphatic rings. The molecule has 11 heteroatoms. The van der Waals surface area contributed by atoms with Crippen molar-refractivity contribution in [2.45, 2.75) is 4.21 Å². The topological polar surface area (TPSA) is 117 Å². The van der Waals surface area contributed by atoms with Crippen molar-refractivity contribution in [3.05, 3.63) is 69.5 Å². The van der Waals surface area contributed by atoms with Gasteiger partial charge < -0.3 is 9.84 Å². The van der Waals surface area contributed by atoms with Crippen LogP contribution in [0.2, 0.25) is 0 Å². The summed E-state index contributed by atoms with van der Waals surface area (Å²) >= 11 is 4.28. The number of benzene rings is 2. The van der Waals surface area contributed by atoms with E-state index in [0.717, 1.165) is 11.3 Å². The first kappa shape index (κ1) is 21.8. The molecule has 0 saturated carbocycles. The van der Waals surface area contributed by atoms with E-state index < -0.39 is 15.9 Å². The highest BCUT2D eigenvalue weighted by atomic mass is 79.9. The number of hydrogen-bond donors (Lipinski definition) is 3. The first-order valence-corrected chi connectivity index (χ1v) is 11.5. The summed E-state index contributed by atoms with van der Waals surface area (Å²) < 4.78 is 33.0. The molecule has 0 bridgehead atoms. The summed E-state index contributed by atoms with van der Waals surface area (Å²) in [6.45, 7) is 0. The average molecular weight is 510 g/mol. The molecule has 0 aliphatic carbocycles. The quantitative estimate of drug-likeness (QED) is 0.330. The molecule has 3 rings (SSSR count). The van der Waals surface area contributed by atoms with Crippen LogP contribution in [-0.2, 0) is 10.0 Å². The molecule has 0 unspecified atom stereocenters. The highest BCUT2D eigenvalue weighted by Crippen LogP contribution is 2.34. The third-order valence-corrected chi connectivity index (χ3v) is 7.19. The van der Waals surface area contributed by atoms with Crippen LogP contribution in [0.1, 0.15) is 15.9 Å². The maximum absolute atomic E-state index is 12.5. The molecule has 1 heterocycles. The van der Waals surface area contributed by atoms with Gasteiger partial charge in [-0.3, -0.25) is 9.52 Å². The summed E-state index contributed by atoms with van der Waals surface area (Å²) in [6.07, 6.45) is 1.36. The van der Waals surface area contributed by atoms with E-state index in [4.69, 9.17) is 4.74 Å². The first-order valence-electron chi connectivity index (χ1n) is 8.37. The van der Waals surface area contributed by atoms with Gasteiger partial charge in [-0.15, -0.1) is 11.3 Å². The van der Waals surface area contributed by atoms with Crippen molar-refractivity contribution in [2.24, 2.45) is 5.10 Å². The van der Waals surface area contributed by atoms with Crippen molar-refractivity contribution in [3.63, 3.8) is 0 Å². The predicted octanol–water partition coefficient (Wildman–Crippen LogP) is 3.79. The van der Waals surface area contributed by atoms with E-state index in [1.54, 1.807) is 35.7 Å². The molecule has 0 fully saturated rings. The predicted molar refractivity (Wildman–Crippen MR) is 119 cm³/mol. The smallest absolute Gasteiger partial charge is 0.273 e. The second-order valence-electron chi connectivity index (χ2n) is 5.84. The van der Waals surface area contributed by atoms with Crippen LogP contribution >= 0.6 is 27.3 Å². The largest absolute Gasteiger partial charge is 0.503 e. The molecule has 3 aromatic rings. The lowest BCUT2D eigenvalue weighted by molar-refractivity contribution is 0.0956. The monoisotopic (exact) mass is 509 g/mol. The van der Waals surface area contributed by atoms with Gasteiger partial charge in [0.25, 0.3) is 15.9 Å². The number of thiophene rings is 1. The Morgan fingerprint density at radius 1 is 1.23 bits per heavy atom. The molecular weight excluding hydrogens is 494 g/mol. The molecule has 0 spiro atoms. The molecule has 2 aromatic carbocycles. The van der Waals surface area contributed by atoms with Gasteiger partial charge in [-0.25, -0.2) is 13.8 Å². The number of para-hydroxylation sites is 1. The maximum atomic E-state index is 12.5. The fraction of sp³-hybridized carbons (Fsp3) is 0.0526. The van der Waals surface area contributed by atoms with Crippen LogP contribution in [-0.4, -0.2) is 32.8 Å². The van der Waals surface area contributed by atoms with Gasteiger partial charge in [0.2, 0.25) is 0 Å². The number of nitrogens with one attached hydrogen (secondary N) is 2. The molecule has 0 saturated heterocycles. The van der Waals surface area contributed by atoms with Crippen LogP contribution < -0.4 is 14.9 Å². The Morgan fingerprint density at radius 3 is 2.70 bits per heavy atom. The number of hydrazone groups is 1. The number of ether oxygens (including phenoxy) is 1. The van der Waals surface area contributed by atoms with Crippen molar-refractivity contribution in [3.8, 4) is 11.5 Å². The van der Waals surface area contributed by atoms with E-state index in [0.29, 0.717) is 10.0 Å². The minimum Gasteiger partial charge on any atom is -0.503 e. The number of nitrogens with zero attached hydrogens (tertiary/aromatic N) is 1. The van der Waals surface area contributed by atoms with Crippen LogP contribution in [0.4, 0.5) is 5.69 Å². The molecule has 156 valence electrons. The van der Waals surface area contributed by atoms with E-state index in [-0.39, 0.29) is 27.0 Å². The number of carbonyl (C=O) groups is 1. The lowest BCUT2D eigenvalue weighted by atomic mass is 10.2. The molecule has 1 aromatic heterocycles. The third kappa shape index (κ3) is 4.99. The molecule has 30 heavy (non-hydrogen) atoms. The van der Waals surface area contributed by atoms with Gasteiger partial charge in [0, 0.05) is 0 Å². The second-order valence-corrected chi connectivity index (χ2v) is 9.55. The van der Waals surface area contributed by atoms with E-state index in [9.17, 15) is 18.3 Å². The Balaban J connectivity index is 1.77. The van der Waals surface area contributed by atoms with E-state index in [1.807, 2.05) is 0 Å². The Bertz CT molecular complexity index is 1190. The lowest BCUT2D eigenvalue weighted by Crippen LogP contribution is -2.21. The Morgan fingerprint density at radius 2 is 2.00 bits per heavy atom. The minimum atomic E-state index is -3.80. The molecule has 0 radical (unpaired) electrons. The van der Waals surface area contributed by atoms with E-state index >= 15 is 0 Å². The zero-order chi connectivity index (χ0) is 21.7. The molecule has 0 aliphatic heterocycles. The highest BCUT2D eigenvalue weighted by molar-refractivity contribution is 9.10. The summed E-state index contributed by atoms with van der Waals surface area (Å²) in [7, 11) is -2.38. The summed E-state index contributed by atoms with van der Waals surface area (Å²) in [6, 6.07) is 12.4. The fourth-order valence-corrected chi connectivity index (χ4v) is 4.96. The van der Waals surface area contributed by atoms with Crippen molar-refractivity contribution in [1.82, 2.24) is 5.43 Å². The lowest BCUT2D eigenvalue weighted by Gasteiger charge is -2.10. The number of phenols is 1. The number of rotatable bonds is 7. The zero-order valence-electron chi connectivity index (χ0n) is 15.5. The third-order valence-electron chi connectivity index (χ3n) is 3.83. The van der Waals surface area contributed by atoms with Gasteiger partial charge in [-0.2, -0.15) is 5.10 Å². The summed E-state index contributed by atoms with van der Waals surface area (Å²) in [5.74, 6) is -0.406. The first-order chi connectivity index (χ1) is 14.3. The summed E-state index contributed by atoms with van der Waals surface area (Å²) in [5.41, 5.74) is 3.16. The average Bonchev–Trinajstić information content (AvgIpc) is 3.26. The number of halogens is 1. The number of carbonyl (C=O) groups excluding carboxylic acids is 1. The number of phenolic OH excluding ortho intramolecular Hbond substituents is 1. The van der Waals surface area contributed by atoms with Crippen molar-refractivity contribution >= 4 is 55.1 Å². The van der Waals surface area contributed by atoms with Crippen LogP contribution in [0.25, 0.3) is 0 Å². The Hall–Kier alpha value is -2.89. The normalized spacial score (nSPS) is 11.4. The van der Waals surface area contributed by atoms with Crippen LogP contribution in [0.3, 0.4) is 0 Å². The maximum Gasteiger partial charge on any atom is 0.273 e. The Kier molecular flexibility index (Phi) is 6.75. The standard InChI is InChI=1S/C19H16BrN3O5S2/c1-28-16-10-12(9-14(20)18(16)24)11-21-22-19(25)13-5-2-3-6-15(13)23-30(26,27)17-7-4-8-29-17/h2-11,23-24H,1H3,(H,22,25)/b21-11+. The number of methoxy groups -OCH3 is 1. The van der Waals surface area contributed by atoms with Crippen LogP contribution in [0, 0.1) is 0 Å². The number of hydrogen-bond acceptors (Lipinski definition) is 7. The van der Waals surface area contributed by atoms with E-state index in [1.165, 1.54) is 31.5 Å². The summed E-state index contributed by atoms with van der Waals surface area (Å²) in [4.78, 5) is 12.5. The van der Waals surface area contributed by atoms with Crippen LogP contribution in [0.5, 0.6) is 11.5 Å². The second kappa shape index (κ2) is 9.28. The van der Waals surface area contributed by atoms with Crippen molar-refractivity contribution in [1.29, 1.82) is 0 Å². The SMILES string of the molecule is COc1cc(/C=N/NC(=O)c2ccccc2NS(=O)(=O)c2cccs2)cc(Br)c1O. The van der Waals surface area contributed by atoms with Crippen molar-refractivity contribution in [2.75, 3.05) is 11.8 Å². The van der Waals surface area contributed by atoms with Crippen molar-refractivity contribution < 1.29 is 23.1 Å². The molecule has 1 amide bonds.